The molecule has 1 atom stereocenters. The number of carboxylic acid groups (broad SMARTS) is 1. The second-order valence-corrected chi connectivity index (χ2v) is 2.93. The minimum Gasteiger partial charge on any atom is -0.481 e. The Morgan fingerprint density at radius 3 is 2.07 bits per heavy atom. The van der Waals surface area contributed by atoms with E-state index in [-0.39, 0.29) is 19.3 Å². The lowest BCUT2D eigenvalue weighted by atomic mass is 10.00. The van der Waals surface area contributed by atoms with E-state index >= 15 is 0 Å². The number of carboxylic acids is 1. The first-order valence-electron chi connectivity index (χ1n) is 4.37. The first-order chi connectivity index (χ1) is 7.01. The van der Waals surface area contributed by atoms with Crippen molar-refractivity contribution in [3.63, 3.8) is 0 Å². The van der Waals surface area contributed by atoms with Crippen LogP contribution in [0.5, 0.6) is 0 Å². The standard InChI is InChI=1S/C9H14O6/c1-14-7(10)4-3-6(9(12)13)5-8(11)15-2/h6H,3-5H2,1-2H3,(H,12,13)/t6-/m1/s1. The summed E-state index contributed by atoms with van der Waals surface area (Å²) in [6, 6.07) is 0. The van der Waals surface area contributed by atoms with E-state index in [9.17, 15) is 14.4 Å². The number of hydrogen-bond acceptors (Lipinski definition) is 5. The van der Waals surface area contributed by atoms with Crippen LogP contribution in [0.4, 0.5) is 0 Å². The molecule has 0 aromatic rings. The second-order valence-electron chi connectivity index (χ2n) is 2.93. The third-order valence-corrected chi connectivity index (χ3v) is 1.91. The molecule has 15 heavy (non-hydrogen) atoms. The van der Waals surface area contributed by atoms with Gasteiger partial charge in [-0.3, -0.25) is 14.4 Å². The lowest BCUT2D eigenvalue weighted by molar-refractivity contribution is -0.151. The van der Waals surface area contributed by atoms with Gasteiger partial charge in [0, 0.05) is 6.42 Å². The Balaban J connectivity index is 4.11. The summed E-state index contributed by atoms with van der Waals surface area (Å²) in [6.45, 7) is 0. The van der Waals surface area contributed by atoms with E-state index in [1.165, 1.54) is 14.2 Å². The molecule has 0 radical (unpaired) electrons. The third-order valence-electron chi connectivity index (χ3n) is 1.91. The molecule has 6 nitrogen and oxygen atoms in total. The van der Waals surface area contributed by atoms with Gasteiger partial charge in [-0.05, 0) is 6.42 Å². The van der Waals surface area contributed by atoms with Gasteiger partial charge in [0.25, 0.3) is 0 Å². The summed E-state index contributed by atoms with van der Waals surface area (Å²) in [5.74, 6) is -3.13. The summed E-state index contributed by atoms with van der Waals surface area (Å²) in [5.41, 5.74) is 0. The molecular formula is C9H14O6. The van der Waals surface area contributed by atoms with Crippen LogP contribution < -0.4 is 0 Å². The molecule has 86 valence electrons. The van der Waals surface area contributed by atoms with Crippen LogP contribution in [0.15, 0.2) is 0 Å². The number of methoxy groups -OCH3 is 2. The molecule has 0 saturated heterocycles. The molecule has 1 N–H and O–H groups in total. The Morgan fingerprint density at radius 1 is 1.13 bits per heavy atom. The number of ether oxygens (including phenoxy) is 2. The van der Waals surface area contributed by atoms with Crippen LogP contribution in [-0.2, 0) is 23.9 Å². The van der Waals surface area contributed by atoms with Gasteiger partial charge >= 0.3 is 17.9 Å². The molecule has 0 aliphatic rings. The van der Waals surface area contributed by atoms with Crippen molar-refractivity contribution in [3.05, 3.63) is 0 Å². The van der Waals surface area contributed by atoms with Gasteiger partial charge in [0.05, 0.1) is 26.6 Å². The predicted octanol–water partition coefficient (Wildman–Crippen LogP) is 0.203. The van der Waals surface area contributed by atoms with Gasteiger partial charge in [0.1, 0.15) is 0 Å². The van der Waals surface area contributed by atoms with Crippen molar-refractivity contribution in [1.82, 2.24) is 0 Å². The number of aliphatic carboxylic acids is 1. The van der Waals surface area contributed by atoms with Crippen molar-refractivity contribution in [2.45, 2.75) is 19.3 Å². The fourth-order valence-corrected chi connectivity index (χ4v) is 0.992. The van der Waals surface area contributed by atoms with Gasteiger partial charge in [-0.1, -0.05) is 0 Å². The van der Waals surface area contributed by atoms with Gasteiger partial charge in [-0.25, -0.2) is 0 Å². The van der Waals surface area contributed by atoms with Crippen molar-refractivity contribution in [3.8, 4) is 0 Å². The molecule has 0 spiro atoms. The molecule has 0 aliphatic carbocycles. The van der Waals surface area contributed by atoms with Crippen molar-refractivity contribution in [2.24, 2.45) is 5.92 Å². The van der Waals surface area contributed by atoms with E-state index in [1.54, 1.807) is 0 Å². The van der Waals surface area contributed by atoms with Gasteiger partial charge in [-0.15, -0.1) is 0 Å². The Hall–Kier alpha value is -1.59. The maximum Gasteiger partial charge on any atom is 0.307 e. The van der Waals surface area contributed by atoms with Crippen LogP contribution in [0.25, 0.3) is 0 Å². The molecular weight excluding hydrogens is 204 g/mol. The van der Waals surface area contributed by atoms with Crippen molar-refractivity contribution >= 4 is 17.9 Å². The highest BCUT2D eigenvalue weighted by atomic mass is 16.5. The van der Waals surface area contributed by atoms with Crippen LogP contribution in [0, 0.1) is 5.92 Å². The van der Waals surface area contributed by atoms with E-state index in [2.05, 4.69) is 9.47 Å². The van der Waals surface area contributed by atoms with E-state index in [1.807, 2.05) is 0 Å². The second kappa shape index (κ2) is 6.80. The monoisotopic (exact) mass is 218 g/mol. The van der Waals surface area contributed by atoms with Crippen molar-refractivity contribution < 1.29 is 29.0 Å². The van der Waals surface area contributed by atoms with Crippen molar-refractivity contribution in [1.29, 1.82) is 0 Å². The molecule has 0 aliphatic heterocycles. The maximum absolute atomic E-state index is 10.8. The SMILES string of the molecule is COC(=O)CC[C@H](CC(=O)OC)C(=O)O. The molecule has 0 rings (SSSR count). The number of esters is 2. The van der Waals surface area contributed by atoms with Gasteiger partial charge in [0.15, 0.2) is 0 Å². The third kappa shape index (κ3) is 5.66. The molecule has 0 saturated carbocycles. The fourth-order valence-electron chi connectivity index (χ4n) is 0.992. The van der Waals surface area contributed by atoms with E-state index in [0.717, 1.165) is 0 Å². The predicted molar refractivity (Wildman–Crippen MR) is 49.0 cm³/mol. The Morgan fingerprint density at radius 2 is 1.67 bits per heavy atom. The Kier molecular flexibility index (Phi) is 6.08. The summed E-state index contributed by atoms with van der Waals surface area (Å²) in [4.78, 5) is 32.3. The van der Waals surface area contributed by atoms with Gasteiger partial charge < -0.3 is 14.6 Å². The number of rotatable bonds is 6. The van der Waals surface area contributed by atoms with Crippen LogP contribution in [0.1, 0.15) is 19.3 Å². The summed E-state index contributed by atoms with van der Waals surface area (Å²) in [5, 5.41) is 8.74. The summed E-state index contributed by atoms with van der Waals surface area (Å²) in [7, 11) is 2.40. The van der Waals surface area contributed by atoms with E-state index in [4.69, 9.17) is 5.11 Å². The molecule has 0 unspecified atom stereocenters. The molecule has 0 heterocycles. The quantitative estimate of drug-likeness (QED) is 0.640. The minimum atomic E-state index is -1.12. The maximum atomic E-state index is 10.8. The summed E-state index contributed by atoms with van der Waals surface area (Å²) >= 11 is 0. The lowest BCUT2D eigenvalue weighted by Gasteiger charge is -2.09. The molecule has 0 fully saturated rings. The number of hydrogen-bond donors (Lipinski definition) is 1. The Labute approximate surface area is 87.2 Å². The molecule has 6 heteroatoms. The van der Waals surface area contributed by atoms with Gasteiger partial charge in [-0.2, -0.15) is 0 Å². The molecule has 0 aromatic heterocycles. The largest absolute Gasteiger partial charge is 0.481 e. The van der Waals surface area contributed by atoms with Crippen LogP contribution in [0.2, 0.25) is 0 Å². The Bertz CT molecular complexity index is 247. The first-order valence-corrected chi connectivity index (χ1v) is 4.37. The molecule has 0 aromatic carbocycles. The zero-order valence-corrected chi connectivity index (χ0v) is 8.69. The number of carbonyl (C=O) groups is 3. The lowest BCUT2D eigenvalue weighted by Crippen LogP contribution is -2.20. The van der Waals surface area contributed by atoms with Crippen LogP contribution in [0.3, 0.4) is 0 Å². The summed E-state index contributed by atoms with van der Waals surface area (Å²) < 4.78 is 8.71. The molecule has 0 bridgehead atoms. The normalized spacial score (nSPS) is 11.6. The highest BCUT2D eigenvalue weighted by Gasteiger charge is 2.22. The zero-order chi connectivity index (χ0) is 11.8. The van der Waals surface area contributed by atoms with Crippen LogP contribution >= 0.6 is 0 Å². The number of carbonyl (C=O) groups excluding carboxylic acids is 2. The summed E-state index contributed by atoms with van der Waals surface area (Å²) in [6.07, 6.45) is -0.190. The minimum absolute atomic E-state index is 0.0234. The van der Waals surface area contributed by atoms with E-state index < -0.39 is 23.8 Å². The molecule has 0 amide bonds. The van der Waals surface area contributed by atoms with Crippen LogP contribution in [-0.4, -0.2) is 37.2 Å². The van der Waals surface area contributed by atoms with E-state index in [0.29, 0.717) is 0 Å². The zero-order valence-electron chi connectivity index (χ0n) is 8.69. The van der Waals surface area contributed by atoms with Crippen molar-refractivity contribution in [2.75, 3.05) is 14.2 Å². The average molecular weight is 218 g/mol. The fraction of sp³-hybridized carbons (Fsp3) is 0.667. The topological polar surface area (TPSA) is 89.9 Å². The average Bonchev–Trinajstić information content (AvgIpc) is 2.22. The highest BCUT2D eigenvalue weighted by molar-refractivity contribution is 5.79. The highest BCUT2D eigenvalue weighted by Crippen LogP contribution is 2.12. The van der Waals surface area contributed by atoms with Gasteiger partial charge in [0.2, 0.25) is 0 Å². The smallest absolute Gasteiger partial charge is 0.307 e. The first kappa shape index (κ1) is 13.4.